The van der Waals surface area contributed by atoms with E-state index in [2.05, 4.69) is 22.1 Å². The van der Waals surface area contributed by atoms with Gasteiger partial charge in [0.15, 0.2) is 0 Å². The van der Waals surface area contributed by atoms with Crippen LogP contribution in [0, 0.1) is 19.3 Å². The summed E-state index contributed by atoms with van der Waals surface area (Å²) >= 11 is 0. The number of rotatable bonds is 4. The van der Waals surface area contributed by atoms with Gasteiger partial charge in [-0.1, -0.05) is 6.92 Å². The SMILES string of the molecule is Cc1nn(C)c(C)c1S(=O)(=O)NCC1(C)CCCNC1. The number of hydrogen-bond acceptors (Lipinski definition) is 4. The molecular formula is C13H24N4O2S. The summed E-state index contributed by atoms with van der Waals surface area (Å²) in [6.07, 6.45) is 2.12. The number of nitrogens with one attached hydrogen (secondary N) is 2. The lowest BCUT2D eigenvalue weighted by Crippen LogP contribution is -2.45. The fourth-order valence-electron chi connectivity index (χ4n) is 2.75. The average molecular weight is 300 g/mol. The Bertz CT molecular complexity index is 586. The molecule has 0 radical (unpaired) electrons. The Morgan fingerprint density at radius 2 is 2.15 bits per heavy atom. The van der Waals surface area contributed by atoms with E-state index < -0.39 is 10.0 Å². The van der Waals surface area contributed by atoms with Crippen LogP contribution in [0.1, 0.15) is 31.2 Å². The number of hydrogen-bond donors (Lipinski definition) is 2. The second-order valence-electron chi connectivity index (χ2n) is 6.04. The maximum atomic E-state index is 12.5. The molecule has 0 spiro atoms. The third-order valence-corrected chi connectivity index (χ3v) is 5.74. The van der Waals surface area contributed by atoms with Crippen molar-refractivity contribution in [3.05, 3.63) is 11.4 Å². The molecule has 1 fully saturated rings. The van der Waals surface area contributed by atoms with Crippen molar-refractivity contribution in [2.45, 2.75) is 38.5 Å². The molecule has 2 heterocycles. The van der Waals surface area contributed by atoms with Crippen molar-refractivity contribution in [1.82, 2.24) is 19.8 Å². The van der Waals surface area contributed by atoms with Crippen LogP contribution in [-0.4, -0.2) is 37.8 Å². The standard InChI is InChI=1S/C13H24N4O2S/c1-10-12(11(2)17(4)16-10)20(18,19)15-9-13(3)6-5-7-14-8-13/h14-15H,5-9H2,1-4H3. The molecule has 0 aliphatic carbocycles. The first-order valence-electron chi connectivity index (χ1n) is 6.96. The molecule has 1 unspecified atom stereocenters. The Kier molecular flexibility index (Phi) is 4.22. The molecule has 2 rings (SSSR count). The lowest BCUT2D eigenvalue weighted by molar-refractivity contribution is 0.238. The molecule has 1 aliphatic heterocycles. The first kappa shape index (κ1) is 15.5. The summed E-state index contributed by atoms with van der Waals surface area (Å²) in [6, 6.07) is 0. The molecule has 0 amide bonds. The average Bonchev–Trinajstić information content (AvgIpc) is 2.63. The molecule has 1 atom stereocenters. The van der Waals surface area contributed by atoms with Crippen molar-refractivity contribution in [2.24, 2.45) is 12.5 Å². The molecule has 7 heteroatoms. The van der Waals surface area contributed by atoms with Crippen LogP contribution in [0.3, 0.4) is 0 Å². The van der Waals surface area contributed by atoms with Crippen LogP contribution >= 0.6 is 0 Å². The van der Waals surface area contributed by atoms with Crippen molar-refractivity contribution in [2.75, 3.05) is 19.6 Å². The minimum Gasteiger partial charge on any atom is -0.316 e. The monoisotopic (exact) mass is 300 g/mol. The maximum Gasteiger partial charge on any atom is 0.244 e. The fraction of sp³-hybridized carbons (Fsp3) is 0.769. The molecule has 6 nitrogen and oxygen atoms in total. The molecule has 20 heavy (non-hydrogen) atoms. The third kappa shape index (κ3) is 3.05. The first-order chi connectivity index (χ1) is 9.25. The van der Waals surface area contributed by atoms with E-state index in [1.807, 2.05) is 0 Å². The van der Waals surface area contributed by atoms with E-state index in [1.54, 1.807) is 25.6 Å². The summed E-state index contributed by atoms with van der Waals surface area (Å²) in [5, 5.41) is 7.50. The highest BCUT2D eigenvalue weighted by Gasteiger charge is 2.30. The largest absolute Gasteiger partial charge is 0.316 e. The summed E-state index contributed by atoms with van der Waals surface area (Å²) in [5.41, 5.74) is 1.20. The molecule has 1 aromatic rings. The van der Waals surface area contributed by atoms with Gasteiger partial charge in [0.25, 0.3) is 0 Å². The van der Waals surface area contributed by atoms with Gasteiger partial charge in [0.1, 0.15) is 4.90 Å². The van der Waals surface area contributed by atoms with Crippen LogP contribution < -0.4 is 10.0 Å². The van der Waals surface area contributed by atoms with E-state index in [0.717, 1.165) is 25.9 Å². The number of piperidine rings is 1. The lowest BCUT2D eigenvalue weighted by atomic mass is 9.83. The van der Waals surface area contributed by atoms with E-state index >= 15 is 0 Å². The van der Waals surface area contributed by atoms with E-state index in [4.69, 9.17) is 0 Å². The third-order valence-electron chi connectivity index (χ3n) is 4.09. The number of aryl methyl sites for hydroxylation is 2. The Hall–Kier alpha value is -0.920. The molecule has 0 bridgehead atoms. The van der Waals surface area contributed by atoms with Gasteiger partial charge in [0.2, 0.25) is 10.0 Å². The Labute approximate surface area is 121 Å². The maximum absolute atomic E-state index is 12.5. The van der Waals surface area contributed by atoms with Gasteiger partial charge >= 0.3 is 0 Å². The highest BCUT2D eigenvalue weighted by atomic mass is 32.2. The van der Waals surface area contributed by atoms with Crippen LogP contribution in [0.4, 0.5) is 0 Å². The van der Waals surface area contributed by atoms with E-state index in [0.29, 0.717) is 22.8 Å². The summed E-state index contributed by atoms with van der Waals surface area (Å²) < 4.78 is 29.3. The van der Waals surface area contributed by atoms with Crippen molar-refractivity contribution >= 4 is 10.0 Å². The van der Waals surface area contributed by atoms with Gasteiger partial charge in [0, 0.05) is 20.1 Å². The second-order valence-corrected chi connectivity index (χ2v) is 7.74. The van der Waals surface area contributed by atoms with Gasteiger partial charge in [-0.15, -0.1) is 0 Å². The summed E-state index contributed by atoms with van der Waals surface area (Å²) in [4.78, 5) is 0.312. The van der Waals surface area contributed by atoms with E-state index in [-0.39, 0.29) is 5.41 Å². The van der Waals surface area contributed by atoms with Gasteiger partial charge in [0.05, 0.1) is 11.4 Å². The van der Waals surface area contributed by atoms with Crippen LogP contribution in [0.15, 0.2) is 4.90 Å². The van der Waals surface area contributed by atoms with Gasteiger partial charge in [-0.3, -0.25) is 4.68 Å². The predicted molar refractivity (Wildman–Crippen MR) is 78.1 cm³/mol. The van der Waals surface area contributed by atoms with Crippen LogP contribution in [0.2, 0.25) is 0 Å². The molecule has 1 saturated heterocycles. The minimum absolute atomic E-state index is 0.0185. The summed E-state index contributed by atoms with van der Waals surface area (Å²) in [6.45, 7) is 7.94. The lowest BCUT2D eigenvalue weighted by Gasteiger charge is -2.34. The summed E-state index contributed by atoms with van der Waals surface area (Å²) in [7, 11) is -1.74. The predicted octanol–water partition coefficient (Wildman–Crippen LogP) is 0.705. The highest BCUT2D eigenvalue weighted by molar-refractivity contribution is 7.89. The van der Waals surface area contributed by atoms with Gasteiger partial charge < -0.3 is 5.32 Å². The molecule has 0 saturated carbocycles. The summed E-state index contributed by atoms with van der Waals surface area (Å²) in [5.74, 6) is 0. The molecule has 0 aromatic carbocycles. The number of nitrogens with zero attached hydrogens (tertiary/aromatic N) is 2. The first-order valence-corrected chi connectivity index (χ1v) is 8.44. The van der Waals surface area contributed by atoms with Crippen molar-refractivity contribution in [3.8, 4) is 0 Å². The highest BCUT2D eigenvalue weighted by Crippen LogP contribution is 2.26. The zero-order valence-corrected chi connectivity index (χ0v) is 13.5. The number of sulfonamides is 1. The Balaban J connectivity index is 2.15. The van der Waals surface area contributed by atoms with Crippen molar-refractivity contribution in [3.63, 3.8) is 0 Å². The number of aromatic nitrogens is 2. The fourth-order valence-corrected chi connectivity index (χ4v) is 4.39. The van der Waals surface area contributed by atoms with Gasteiger partial charge in [-0.25, -0.2) is 13.1 Å². The van der Waals surface area contributed by atoms with Crippen LogP contribution in [0.5, 0.6) is 0 Å². The van der Waals surface area contributed by atoms with Crippen LogP contribution in [-0.2, 0) is 17.1 Å². The normalized spacial score (nSPS) is 24.0. The molecular weight excluding hydrogens is 276 g/mol. The quantitative estimate of drug-likeness (QED) is 0.858. The topological polar surface area (TPSA) is 76.0 Å². The zero-order chi connectivity index (χ0) is 15.0. The second kappa shape index (κ2) is 5.46. The Morgan fingerprint density at radius 1 is 1.45 bits per heavy atom. The molecule has 1 aromatic heterocycles. The van der Waals surface area contributed by atoms with Crippen molar-refractivity contribution < 1.29 is 8.42 Å². The van der Waals surface area contributed by atoms with Gasteiger partial charge in [-0.2, -0.15) is 5.10 Å². The van der Waals surface area contributed by atoms with E-state index in [1.165, 1.54) is 0 Å². The molecule has 114 valence electrons. The minimum atomic E-state index is -3.50. The molecule has 1 aliphatic rings. The zero-order valence-electron chi connectivity index (χ0n) is 12.7. The van der Waals surface area contributed by atoms with E-state index in [9.17, 15) is 8.42 Å². The molecule has 2 N–H and O–H groups in total. The van der Waals surface area contributed by atoms with Crippen LogP contribution in [0.25, 0.3) is 0 Å². The van der Waals surface area contributed by atoms with Gasteiger partial charge in [-0.05, 0) is 38.6 Å². The Morgan fingerprint density at radius 3 is 2.65 bits per heavy atom. The smallest absolute Gasteiger partial charge is 0.244 e. The van der Waals surface area contributed by atoms with Crippen molar-refractivity contribution in [1.29, 1.82) is 0 Å².